The molecule has 0 spiro atoms. The average Bonchev–Trinajstić information content (AvgIpc) is 3.00. The molecule has 0 fully saturated rings. The van der Waals surface area contributed by atoms with E-state index in [1.165, 1.54) is 17.4 Å². The number of carbonyl (C=O) groups is 1. The van der Waals surface area contributed by atoms with Gasteiger partial charge in [0.1, 0.15) is 6.04 Å². The van der Waals surface area contributed by atoms with Crippen LogP contribution < -0.4 is 10.0 Å². The van der Waals surface area contributed by atoms with Gasteiger partial charge in [0.15, 0.2) is 0 Å². The first-order chi connectivity index (χ1) is 13.2. The molecule has 0 saturated heterocycles. The molecule has 1 aromatic heterocycles. The summed E-state index contributed by atoms with van der Waals surface area (Å²) < 4.78 is 29.1. The van der Waals surface area contributed by atoms with E-state index in [2.05, 4.69) is 15.0 Å². The topological polar surface area (TPSA) is 88.2 Å². The highest BCUT2D eigenvalue weighted by molar-refractivity contribution is 7.89. The molecular formula is C20H23N3O3S2. The third kappa shape index (κ3) is 4.57. The third-order valence-corrected chi connectivity index (χ3v) is 6.70. The lowest BCUT2D eigenvalue weighted by molar-refractivity contribution is -0.118. The summed E-state index contributed by atoms with van der Waals surface area (Å²) in [7, 11) is -3.86. The molecule has 1 atom stereocenters. The minimum atomic E-state index is -3.86. The van der Waals surface area contributed by atoms with Crippen molar-refractivity contribution in [2.45, 2.75) is 38.6 Å². The lowest BCUT2D eigenvalue weighted by Gasteiger charge is -2.21. The molecule has 0 unspecified atom stereocenters. The van der Waals surface area contributed by atoms with Gasteiger partial charge >= 0.3 is 0 Å². The van der Waals surface area contributed by atoms with Gasteiger partial charge in [-0.15, -0.1) is 11.3 Å². The SMILES string of the molecule is Cc1ccc(NC(=O)[C@@H](NS(=O)(=O)c2ccc3nc(C)sc3c2)C(C)C)cc1. The van der Waals surface area contributed by atoms with E-state index in [0.29, 0.717) is 5.69 Å². The number of carbonyl (C=O) groups excluding carboxylic acids is 1. The van der Waals surface area contributed by atoms with Crippen LogP contribution in [0.1, 0.15) is 24.4 Å². The summed E-state index contributed by atoms with van der Waals surface area (Å²) in [6, 6.07) is 11.2. The number of sulfonamides is 1. The molecule has 0 radical (unpaired) electrons. The van der Waals surface area contributed by atoms with Gasteiger partial charge in [0.25, 0.3) is 0 Å². The van der Waals surface area contributed by atoms with Crippen molar-refractivity contribution >= 4 is 43.2 Å². The Labute approximate surface area is 169 Å². The number of hydrogen-bond acceptors (Lipinski definition) is 5. The van der Waals surface area contributed by atoms with Gasteiger partial charge in [-0.1, -0.05) is 31.5 Å². The number of anilines is 1. The molecule has 1 heterocycles. The lowest BCUT2D eigenvalue weighted by Crippen LogP contribution is -2.47. The number of amides is 1. The highest BCUT2D eigenvalue weighted by Crippen LogP contribution is 2.25. The van der Waals surface area contributed by atoms with Gasteiger partial charge in [0.05, 0.1) is 20.1 Å². The second-order valence-corrected chi connectivity index (χ2v) is 10.0. The first-order valence-corrected chi connectivity index (χ1v) is 11.2. The van der Waals surface area contributed by atoms with Crippen LogP contribution in [-0.2, 0) is 14.8 Å². The lowest BCUT2D eigenvalue weighted by atomic mass is 10.0. The van der Waals surface area contributed by atoms with Crippen LogP contribution in [0.25, 0.3) is 10.2 Å². The van der Waals surface area contributed by atoms with Gasteiger partial charge in [-0.3, -0.25) is 4.79 Å². The second-order valence-electron chi connectivity index (χ2n) is 7.06. The molecule has 0 saturated carbocycles. The molecular weight excluding hydrogens is 394 g/mol. The van der Waals surface area contributed by atoms with Crippen LogP contribution in [0.5, 0.6) is 0 Å². The number of rotatable bonds is 6. The summed E-state index contributed by atoms with van der Waals surface area (Å²) in [6.07, 6.45) is 0. The average molecular weight is 418 g/mol. The zero-order valence-corrected chi connectivity index (χ0v) is 17.8. The van der Waals surface area contributed by atoms with Crippen LogP contribution in [0.15, 0.2) is 47.4 Å². The summed E-state index contributed by atoms with van der Waals surface area (Å²) in [4.78, 5) is 17.2. The molecule has 28 heavy (non-hydrogen) atoms. The maximum atomic E-state index is 12.9. The fourth-order valence-corrected chi connectivity index (χ4v) is 5.08. The van der Waals surface area contributed by atoms with Crippen LogP contribution in [0.2, 0.25) is 0 Å². The first kappa shape index (κ1) is 20.4. The summed E-state index contributed by atoms with van der Waals surface area (Å²) >= 11 is 1.43. The van der Waals surface area contributed by atoms with E-state index >= 15 is 0 Å². The monoisotopic (exact) mass is 417 g/mol. The van der Waals surface area contributed by atoms with Gasteiger partial charge in [-0.2, -0.15) is 4.72 Å². The predicted octanol–water partition coefficient (Wildman–Crippen LogP) is 3.85. The Morgan fingerprint density at radius 2 is 1.75 bits per heavy atom. The number of thiazole rings is 1. The van der Waals surface area contributed by atoms with E-state index < -0.39 is 22.0 Å². The van der Waals surface area contributed by atoms with E-state index in [4.69, 9.17) is 0 Å². The molecule has 0 aliphatic carbocycles. The number of benzene rings is 2. The van der Waals surface area contributed by atoms with Gasteiger partial charge in [-0.05, 0) is 50.1 Å². The standard InChI is InChI=1S/C20H23N3O3S2/c1-12(2)19(20(24)22-15-7-5-13(3)6-8-15)23-28(25,26)16-9-10-17-18(11-16)27-14(4)21-17/h5-12,19,23H,1-4H3,(H,22,24)/t19-/m0/s1. The molecule has 0 aliphatic rings. The molecule has 148 valence electrons. The molecule has 8 heteroatoms. The smallest absolute Gasteiger partial charge is 0.242 e. The van der Waals surface area contributed by atoms with Crippen molar-refractivity contribution in [3.8, 4) is 0 Å². The van der Waals surface area contributed by atoms with E-state index in [-0.39, 0.29) is 10.8 Å². The normalized spacial score (nSPS) is 13.0. The largest absolute Gasteiger partial charge is 0.325 e. The van der Waals surface area contributed by atoms with Crippen molar-refractivity contribution in [1.29, 1.82) is 0 Å². The number of aryl methyl sites for hydroxylation is 2. The molecule has 2 N–H and O–H groups in total. The van der Waals surface area contributed by atoms with Crippen molar-refractivity contribution in [2.24, 2.45) is 5.92 Å². The maximum absolute atomic E-state index is 12.9. The quantitative estimate of drug-likeness (QED) is 0.638. The van der Waals surface area contributed by atoms with Crippen molar-refractivity contribution in [2.75, 3.05) is 5.32 Å². The Hall–Kier alpha value is -2.29. The molecule has 1 amide bonds. The highest BCUT2D eigenvalue weighted by Gasteiger charge is 2.28. The number of nitrogens with zero attached hydrogens (tertiary/aromatic N) is 1. The van der Waals surface area contributed by atoms with Crippen molar-refractivity contribution in [3.63, 3.8) is 0 Å². The Balaban J connectivity index is 1.83. The van der Waals surface area contributed by atoms with Crippen LogP contribution in [0.3, 0.4) is 0 Å². The highest BCUT2D eigenvalue weighted by atomic mass is 32.2. The van der Waals surface area contributed by atoms with Gasteiger partial charge in [0.2, 0.25) is 15.9 Å². The molecule has 0 aliphatic heterocycles. The van der Waals surface area contributed by atoms with Crippen molar-refractivity contribution in [1.82, 2.24) is 9.71 Å². The molecule has 3 aromatic rings. The van der Waals surface area contributed by atoms with E-state index in [0.717, 1.165) is 20.8 Å². The summed E-state index contributed by atoms with van der Waals surface area (Å²) in [6.45, 7) is 7.44. The van der Waals surface area contributed by atoms with Crippen molar-refractivity contribution in [3.05, 3.63) is 53.0 Å². The van der Waals surface area contributed by atoms with E-state index in [9.17, 15) is 13.2 Å². The Bertz CT molecular complexity index is 1100. The minimum absolute atomic E-state index is 0.123. The first-order valence-electron chi connectivity index (χ1n) is 8.93. The number of fused-ring (bicyclic) bond motifs is 1. The molecule has 3 rings (SSSR count). The predicted molar refractivity (Wildman–Crippen MR) is 113 cm³/mol. The van der Waals surface area contributed by atoms with Crippen LogP contribution in [0, 0.1) is 19.8 Å². The zero-order chi connectivity index (χ0) is 20.5. The van der Waals surface area contributed by atoms with Crippen molar-refractivity contribution < 1.29 is 13.2 Å². The van der Waals surface area contributed by atoms with E-state index in [1.807, 2.05) is 26.0 Å². The Morgan fingerprint density at radius 3 is 2.39 bits per heavy atom. The van der Waals surface area contributed by atoms with Crippen LogP contribution >= 0.6 is 11.3 Å². The van der Waals surface area contributed by atoms with E-state index in [1.54, 1.807) is 38.1 Å². The Kier molecular flexibility index (Phi) is 5.83. The van der Waals surface area contributed by atoms with Crippen LogP contribution in [-0.4, -0.2) is 25.4 Å². The summed E-state index contributed by atoms with van der Waals surface area (Å²) in [5, 5.41) is 3.65. The summed E-state index contributed by atoms with van der Waals surface area (Å²) in [5.74, 6) is -0.619. The van der Waals surface area contributed by atoms with Crippen LogP contribution in [0.4, 0.5) is 5.69 Å². The fraction of sp³-hybridized carbons (Fsp3) is 0.300. The molecule has 2 aromatic carbocycles. The maximum Gasteiger partial charge on any atom is 0.242 e. The zero-order valence-electron chi connectivity index (χ0n) is 16.2. The van der Waals surface area contributed by atoms with Gasteiger partial charge < -0.3 is 5.32 Å². The van der Waals surface area contributed by atoms with Gasteiger partial charge in [-0.25, -0.2) is 13.4 Å². The minimum Gasteiger partial charge on any atom is -0.325 e. The molecule has 0 bridgehead atoms. The fourth-order valence-electron chi connectivity index (χ4n) is 2.77. The summed E-state index contributed by atoms with van der Waals surface area (Å²) in [5.41, 5.74) is 2.47. The number of nitrogens with one attached hydrogen (secondary N) is 2. The van der Waals surface area contributed by atoms with Gasteiger partial charge in [0, 0.05) is 5.69 Å². The Morgan fingerprint density at radius 1 is 1.07 bits per heavy atom. The third-order valence-electron chi connectivity index (χ3n) is 4.33. The number of hydrogen-bond donors (Lipinski definition) is 2. The number of aromatic nitrogens is 1. The second kappa shape index (κ2) is 7.98. The molecule has 6 nitrogen and oxygen atoms in total.